The largest absolute Gasteiger partial charge is 0.311 e. The molecule has 3 aliphatic rings. The van der Waals surface area contributed by atoms with E-state index >= 15 is 0 Å². The number of fused-ring (bicyclic) bond motifs is 7. The molecule has 3 aliphatic heterocycles. The first-order chi connectivity index (χ1) is 32.4. The van der Waals surface area contributed by atoms with E-state index in [1.165, 1.54) is 110 Å². The van der Waals surface area contributed by atoms with Gasteiger partial charge in [-0.15, -0.1) is 0 Å². The summed E-state index contributed by atoms with van der Waals surface area (Å²) in [5.74, 6) is 0. The molecule has 324 valence electrons. The van der Waals surface area contributed by atoms with Crippen LogP contribution in [-0.4, -0.2) is 14.8 Å². The van der Waals surface area contributed by atoms with E-state index in [9.17, 15) is 0 Å². The zero-order valence-corrected chi connectivity index (χ0v) is 40.6. The average Bonchev–Trinajstić information content (AvgIpc) is 3.64. The lowest BCUT2D eigenvalue weighted by atomic mass is 9.33. The Morgan fingerprint density at radius 3 is 1.57 bits per heavy atom. The molecule has 0 atom stereocenters. The molecule has 0 bridgehead atoms. The molecule has 0 aromatic heterocycles. The first-order valence-electron chi connectivity index (χ1n) is 24.0. The van der Waals surface area contributed by atoms with Crippen LogP contribution in [0.3, 0.4) is 0 Å². The second-order valence-electron chi connectivity index (χ2n) is 21.0. The first kappa shape index (κ1) is 41.3. The Balaban J connectivity index is 1.18. The minimum Gasteiger partial charge on any atom is -0.311 e. The smallest absolute Gasteiger partial charge is 0.252 e. The molecule has 0 spiro atoms. The van der Waals surface area contributed by atoms with Gasteiger partial charge in [0.25, 0.3) is 6.71 Å². The van der Waals surface area contributed by atoms with Crippen LogP contribution in [0.25, 0.3) is 22.3 Å². The first-order valence-corrected chi connectivity index (χ1v) is 26.0. The highest BCUT2D eigenvalue weighted by Gasteiger charge is 2.50. The molecule has 9 aromatic carbocycles. The molecule has 0 saturated carbocycles. The van der Waals surface area contributed by atoms with E-state index in [4.69, 9.17) is 0 Å². The minimum atomic E-state index is -2.78. The molecule has 9 aromatic rings. The summed E-state index contributed by atoms with van der Waals surface area (Å²) in [7, 11) is -2.78. The lowest BCUT2D eigenvalue weighted by molar-refractivity contribution is 0.590. The third-order valence-corrected chi connectivity index (χ3v) is 19.9. The molecule has 3 heterocycles. The van der Waals surface area contributed by atoms with Crippen molar-refractivity contribution in [1.82, 2.24) is 0 Å². The molecule has 0 aliphatic carbocycles. The SMILES string of the molecule is Cc1ccccc1-c1cc2c3c(c1)N(c1ccc(C(C)(C)C)cc1)c1ccc(C(C)(C)C)cc1B3c1ccccc1N2c1ccc2c(c1)[Si](c1ccccc1)(c1ccccc1)c1ccccc1-2. The van der Waals surface area contributed by atoms with E-state index in [1.54, 1.807) is 0 Å². The zero-order valence-electron chi connectivity index (χ0n) is 39.6. The van der Waals surface area contributed by atoms with Crippen LogP contribution in [0.4, 0.5) is 34.1 Å². The molecule has 4 heteroatoms. The van der Waals surface area contributed by atoms with E-state index in [0.717, 1.165) is 0 Å². The van der Waals surface area contributed by atoms with Gasteiger partial charge in [0.15, 0.2) is 8.07 Å². The summed E-state index contributed by atoms with van der Waals surface area (Å²) in [4.78, 5) is 5.18. The maximum absolute atomic E-state index is 2.78. The van der Waals surface area contributed by atoms with Crippen molar-refractivity contribution in [2.45, 2.75) is 59.3 Å². The summed E-state index contributed by atoms with van der Waals surface area (Å²) in [5, 5.41) is 5.70. The number of benzene rings is 9. The molecule has 2 nitrogen and oxygen atoms in total. The van der Waals surface area contributed by atoms with Gasteiger partial charge in [0.05, 0.1) is 0 Å². The summed E-state index contributed by atoms with van der Waals surface area (Å²) in [6.07, 6.45) is 0. The normalized spacial score (nSPS) is 14.2. The molecule has 0 N–H and O–H groups in total. The Kier molecular flexibility index (Phi) is 9.37. The highest BCUT2D eigenvalue weighted by molar-refractivity contribution is 7.22. The van der Waals surface area contributed by atoms with Crippen molar-refractivity contribution in [1.29, 1.82) is 0 Å². The van der Waals surface area contributed by atoms with Gasteiger partial charge in [-0.25, -0.2) is 0 Å². The van der Waals surface area contributed by atoms with Crippen molar-refractivity contribution in [3.8, 4) is 22.3 Å². The van der Waals surface area contributed by atoms with Gasteiger partial charge >= 0.3 is 0 Å². The molecule has 0 saturated heterocycles. The van der Waals surface area contributed by atoms with Crippen molar-refractivity contribution >= 4 is 86.0 Å². The van der Waals surface area contributed by atoms with Crippen LogP contribution in [0.15, 0.2) is 206 Å². The summed E-state index contributed by atoms with van der Waals surface area (Å²) in [6, 6.07) is 79.2. The van der Waals surface area contributed by atoms with E-state index in [1.807, 2.05) is 0 Å². The molecule has 0 amide bonds. The number of aryl methyl sites for hydroxylation is 1. The standard InChI is InChI=1S/C63H55BN2Si/c1-42-20-14-15-25-50(42)43-38-57-61-58(39-43)66(47-35-36-52-51-26-16-19-29-59(51)67(60(52)41-47,48-21-10-8-11-22-48)49-23-12-9-13-24-49)55-28-18-17-27-53(55)64(61)54-40-45(63(5,6)7)32-37-56(54)65(57)46-33-30-44(31-34-46)62(2,3)4/h8-41H,1-7H3. The van der Waals surface area contributed by atoms with Crippen molar-refractivity contribution in [3.05, 3.63) is 223 Å². The Hall–Kier alpha value is -7.14. The van der Waals surface area contributed by atoms with Crippen LogP contribution in [0, 0.1) is 6.92 Å². The quantitative estimate of drug-likeness (QED) is 0.159. The molecular weight excluding hydrogens is 824 g/mol. The minimum absolute atomic E-state index is 0.0200. The zero-order chi connectivity index (χ0) is 45.8. The highest BCUT2D eigenvalue weighted by Crippen LogP contribution is 2.47. The second-order valence-corrected chi connectivity index (χ2v) is 24.7. The van der Waals surface area contributed by atoms with Gasteiger partial charge < -0.3 is 9.80 Å². The number of para-hydroxylation sites is 1. The summed E-state index contributed by atoms with van der Waals surface area (Å²) in [6.45, 7) is 16.2. The molecule has 0 radical (unpaired) electrons. The van der Waals surface area contributed by atoms with Crippen LogP contribution >= 0.6 is 0 Å². The molecule has 0 unspecified atom stereocenters. The Labute approximate surface area is 398 Å². The van der Waals surface area contributed by atoms with Gasteiger partial charge in [0.2, 0.25) is 0 Å². The van der Waals surface area contributed by atoms with Crippen molar-refractivity contribution in [2.75, 3.05) is 9.80 Å². The fourth-order valence-corrected chi connectivity index (χ4v) is 16.9. The predicted molar refractivity (Wildman–Crippen MR) is 291 cm³/mol. The Morgan fingerprint density at radius 2 is 0.910 bits per heavy atom. The van der Waals surface area contributed by atoms with Gasteiger partial charge in [0.1, 0.15) is 0 Å². The molecule has 67 heavy (non-hydrogen) atoms. The van der Waals surface area contributed by atoms with E-state index < -0.39 is 8.07 Å². The van der Waals surface area contributed by atoms with Gasteiger partial charge in [-0.3, -0.25) is 0 Å². The predicted octanol–water partition coefficient (Wildman–Crippen LogP) is 11.7. The van der Waals surface area contributed by atoms with Gasteiger partial charge in [-0.05, 0) is 142 Å². The summed E-state index contributed by atoms with van der Waals surface area (Å²) >= 11 is 0. The maximum Gasteiger partial charge on any atom is 0.252 e. The van der Waals surface area contributed by atoms with Crippen molar-refractivity contribution < 1.29 is 0 Å². The topological polar surface area (TPSA) is 6.48 Å². The van der Waals surface area contributed by atoms with Gasteiger partial charge in [-0.1, -0.05) is 199 Å². The third kappa shape index (κ3) is 6.30. The van der Waals surface area contributed by atoms with Crippen LogP contribution in [0.1, 0.15) is 58.2 Å². The Morgan fingerprint density at radius 1 is 0.388 bits per heavy atom. The van der Waals surface area contributed by atoms with Crippen molar-refractivity contribution in [2.24, 2.45) is 0 Å². The number of hydrogen-bond acceptors (Lipinski definition) is 2. The van der Waals surface area contributed by atoms with E-state index in [2.05, 4.69) is 265 Å². The van der Waals surface area contributed by atoms with E-state index in [0.29, 0.717) is 0 Å². The van der Waals surface area contributed by atoms with E-state index in [-0.39, 0.29) is 17.5 Å². The molecular formula is C63H55BN2Si. The summed E-state index contributed by atoms with van der Waals surface area (Å²) < 4.78 is 0. The van der Waals surface area contributed by atoms with Crippen LogP contribution in [0.5, 0.6) is 0 Å². The number of anilines is 6. The van der Waals surface area contributed by atoms with Crippen LogP contribution in [-0.2, 0) is 10.8 Å². The van der Waals surface area contributed by atoms with Crippen LogP contribution < -0.4 is 46.9 Å². The number of hydrogen-bond donors (Lipinski definition) is 0. The Bertz CT molecular complexity index is 3360. The van der Waals surface area contributed by atoms with Crippen molar-refractivity contribution in [3.63, 3.8) is 0 Å². The van der Waals surface area contributed by atoms with Gasteiger partial charge in [0, 0.05) is 34.1 Å². The summed E-state index contributed by atoms with van der Waals surface area (Å²) in [5.41, 5.74) is 20.4. The lowest BCUT2D eigenvalue weighted by Gasteiger charge is -2.45. The van der Waals surface area contributed by atoms with Crippen LogP contribution in [0.2, 0.25) is 0 Å². The van der Waals surface area contributed by atoms with Gasteiger partial charge in [-0.2, -0.15) is 0 Å². The fraction of sp³-hybridized carbons (Fsp3) is 0.143. The number of nitrogens with zero attached hydrogens (tertiary/aromatic N) is 2. The lowest BCUT2D eigenvalue weighted by Crippen LogP contribution is -2.72. The molecule has 0 fully saturated rings. The average molecular weight is 879 g/mol. The third-order valence-electron chi connectivity index (χ3n) is 15.0. The molecule has 12 rings (SSSR count). The highest BCUT2D eigenvalue weighted by atomic mass is 28.3. The number of rotatable bonds is 5. The maximum atomic E-state index is 2.62. The monoisotopic (exact) mass is 878 g/mol. The second kappa shape index (κ2) is 15.2. The fourth-order valence-electron chi connectivity index (χ4n) is 11.7.